The van der Waals surface area contributed by atoms with Crippen molar-refractivity contribution in [1.82, 2.24) is 14.4 Å². The largest absolute Gasteiger partial charge is 0.282 e. The molecular weight excluding hydrogens is 218 g/mol. The number of aromatic nitrogens is 3. The summed E-state index contributed by atoms with van der Waals surface area (Å²) in [6.07, 6.45) is 1.85. The summed E-state index contributed by atoms with van der Waals surface area (Å²) in [5.41, 5.74) is 3.12. The van der Waals surface area contributed by atoms with Crippen molar-refractivity contribution in [2.24, 2.45) is 0 Å². The van der Waals surface area contributed by atoms with Gasteiger partial charge in [-0.15, -0.1) is 11.3 Å². The molecular formula is C12H7N3S. The van der Waals surface area contributed by atoms with Crippen molar-refractivity contribution in [3.8, 4) is 0 Å². The second-order valence-corrected chi connectivity index (χ2v) is 4.57. The fourth-order valence-corrected chi connectivity index (χ4v) is 2.76. The maximum atomic E-state index is 4.65. The molecule has 0 aliphatic rings. The van der Waals surface area contributed by atoms with E-state index in [1.807, 2.05) is 28.9 Å². The standard InChI is InChI=1S/C12H7N3S/c1-2-4-10-9(3-1)14-11-8-5-6-16-12(8)13-7-15(10)11/h1-7H. The third-order valence-corrected chi connectivity index (χ3v) is 3.59. The van der Waals surface area contributed by atoms with E-state index < -0.39 is 0 Å². The number of nitrogens with zero attached hydrogens (tertiary/aromatic N) is 3. The van der Waals surface area contributed by atoms with Crippen LogP contribution in [0, 0.1) is 0 Å². The van der Waals surface area contributed by atoms with Gasteiger partial charge in [0.25, 0.3) is 0 Å². The van der Waals surface area contributed by atoms with E-state index in [0.29, 0.717) is 0 Å². The summed E-state index contributed by atoms with van der Waals surface area (Å²) in [4.78, 5) is 10.1. The van der Waals surface area contributed by atoms with E-state index in [-0.39, 0.29) is 0 Å². The highest BCUT2D eigenvalue weighted by Gasteiger charge is 2.08. The molecule has 0 spiro atoms. The minimum atomic E-state index is 0.993. The summed E-state index contributed by atoms with van der Waals surface area (Å²) in [5.74, 6) is 0. The second-order valence-electron chi connectivity index (χ2n) is 3.68. The minimum Gasteiger partial charge on any atom is -0.282 e. The first-order chi connectivity index (χ1) is 7.93. The molecule has 16 heavy (non-hydrogen) atoms. The molecule has 3 heterocycles. The van der Waals surface area contributed by atoms with Crippen molar-refractivity contribution in [3.63, 3.8) is 0 Å². The third-order valence-electron chi connectivity index (χ3n) is 2.77. The van der Waals surface area contributed by atoms with Gasteiger partial charge in [0.15, 0.2) is 0 Å². The number of fused-ring (bicyclic) bond motifs is 5. The van der Waals surface area contributed by atoms with Gasteiger partial charge in [-0.1, -0.05) is 12.1 Å². The van der Waals surface area contributed by atoms with E-state index in [9.17, 15) is 0 Å². The number of benzene rings is 1. The monoisotopic (exact) mass is 225 g/mol. The van der Waals surface area contributed by atoms with Crippen LogP contribution < -0.4 is 0 Å². The summed E-state index contributed by atoms with van der Waals surface area (Å²) in [5, 5.41) is 3.18. The van der Waals surface area contributed by atoms with Gasteiger partial charge in [-0.25, -0.2) is 9.97 Å². The highest BCUT2D eigenvalue weighted by Crippen LogP contribution is 2.25. The van der Waals surface area contributed by atoms with Crippen LogP contribution in [0.15, 0.2) is 42.0 Å². The smallest absolute Gasteiger partial charge is 0.149 e. The van der Waals surface area contributed by atoms with Crippen LogP contribution >= 0.6 is 11.3 Å². The SMILES string of the molecule is c1ccc2c(c1)nc1c3ccsc3ncn21. The lowest BCUT2D eigenvalue weighted by molar-refractivity contribution is 1.16. The van der Waals surface area contributed by atoms with E-state index in [0.717, 1.165) is 26.9 Å². The molecule has 0 amide bonds. The van der Waals surface area contributed by atoms with Crippen molar-refractivity contribution < 1.29 is 0 Å². The highest BCUT2D eigenvalue weighted by atomic mass is 32.1. The van der Waals surface area contributed by atoms with Crippen LogP contribution in [0.3, 0.4) is 0 Å². The minimum absolute atomic E-state index is 0.993. The zero-order chi connectivity index (χ0) is 10.5. The molecule has 0 fully saturated rings. The summed E-state index contributed by atoms with van der Waals surface area (Å²) >= 11 is 1.65. The number of rotatable bonds is 0. The Bertz CT molecular complexity index is 813. The first kappa shape index (κ1) is 8.24. The fourth-order valence-electron chi connectivity index (χ4n) is 2.03. The van der Waals surface area contributed by atoms with Crippen LogP contribution in [-0.2, 0) is 0 Å². The summed E-state index contributed by atoms with van der Waals surface area (Å²) in [7, 11) is 0. The predicted octanol–water partition coefficient (Wildman–Crippen LogP) is 3.10. The summed E-state index contributed by atoms with van der Waals surface area (Å²) in [6.45, 7) is 0. The third kappa shape index (κ3) is 0.919. The molecule has 0 saturated heterocycles. The Balaban J connectivity index is 2.38. The van der Waals surface area contributed by atoms with Gasteiger partial charge in [-0.05, 0) is 23.6 Å². The highest BCUT2D eigenvalue weighted by molar-refractivity contribution is 7.16. The van der Waals surface area contributed by atoms with Crippen LogP contribution in [0.25, 0.3) is 26.9 Å². The molecule has 0 radical (unpaired) electrons. The Labute approximate surface area is 95.0 Å². The first-order valence-corrected chi connectivity index (χ1v) is 5.90. The van der Waals surface area contributed by atoms with Gasteiger partial charge in [-0.2, -0.15) is 0 Å². The molecule has 0 unspecified atom stereocenters. The average Bonchev–Trinajstić information content (AvgIpc) is 2.92. The van der Waals surface area contributed by atoms with Gasteiger partial charge in [-0.3, -0.25) is 4.40 Å². The number of para-hydroxylation sites is 2. The van der Waals surface area contributed by atoms with Crippen LogP contribution in [0.2, 0.25) is 0 Å². The first-order valence-electron chi connectivity index (χ1n) is 5.02. The lowest BCUT2D eigenvalue weighted by atomic mass is 10.3. The fraction of sp³-hybridized carbons (Fsp3) is 0. The Morgan fingerprint density at radius 1 is 1.12 bits per heavy atom. The van der Waals surface area contributed by atoms with Gasteiger partial charge in [0.1, 0.15) is 16.8 Å². The number of imidazole rings is 1. The zero-order valence-corrected chi connectivity index (χ0v) is 9.11. The maximum Gasteiger partial charge on any atom is 0.149 e. The van der Waals surface area contributed by atoms with Crippen molar-refractivity contribution in [3.05, 3.63) is 42.0 Å². The molecule has 0 saturated carbocycles. The Hall–Kier alpha value is -1.94. The molecule has 1 aromatic carbocycles. The van der Waals surface area contributed by atoms with E-state index in [2.05, 4.69) is 27.5 Å². The van der Waals surface area contributed by atoms with Gasteiger partial charge < -0.3 is 0 Å². The molecule has 3 aromatic heterocycles. The molecule has 0 bridgehead atoms. The number of hydrogen-bond acceptors (Lipinski definition) is 3. The van der Waals surface area contributed by atoms with E-state index >= 15 is 0 Å². The summed E-state index contributed by atoms with van der Waals surface area (Å²) < 4.78 is 2.05. The van der Waals surface area contributed by atoms with Gasteiger partial charge in [0.05, 0.1) is 16.4 Å². The van der Waals surface area contributed by atoms with Crippen LogP contribution in [0.4, 0.5) is 0 Å². The zero-order valence-electron chi connectivity index (χ0n) is 8.29. The lowest BCUT2D eigenvalue weighted by Crippen LogP contribution is -1.86. The summed E-state index contributed by atoms with van der Waals surface area (Å²) in [6, 6.07) is 10.2. The van der Waals surface area contributed by atoms with E-state index in [1.165, 1.54) is 0 Å². The maximum absolute atomic E-state index is 4.65. The Morgan fingerprint density at radius 3 is 3.06 bits per heavy atom. The van der Waals surface area contributed by atoms with Crippen molar-refractivity contribution in [2.45, 2.75) is 0 Å². The van der Waals surface area contributed by atoms with Crippen molar-refractivity contribution >= 4 is 38.2 Å². The average molecular weight is 225 g/mol. The van der Waals surface area contributed by atoms with Gasteiger partial charge >= 0.3 is 0 Å². The van der Waals surface area contributed by atoms with Crippen molar-refractivity contribution in [2.75, 3.05) is 0 Å². The Morgan fingerprint density at radius 2 is 2.06 bits per heavy atom. The quantitative estimate of drug-likeness (QED) is 0.460. The molecule has 4 heteroatoms. The molecule has 4 rings (SSSR count). The van der Waals surface area contributed by atoms with Gasteiger partial charge in [0.2, 0.25) is 0 Å². The second kappa shape index (κ2) is 2.80. The Kier molecular flexibility index (Phi) is 1.44. The van der Waals surface area contributed by atoms with E-state index in [1.54, 1.807) is 11.3 Å². The molecule has 0 atom stereocenters. The molecule has 0 aliphatic carbocycles. The van der Waals surface area contributed by atoms with E-state index in [4.69, 9.17) is 0 Å². The normalized spacial score (nSPS) is 11.8. The van der Waals surface area contributed by atoms with Gasteiger partial charge in [0, 0.05) is 0 Å². The van der Waals surface area contributed by atoms with Crippen LogP contribution in [0.1, 0.15) is 0 Å². The van der Waals surface area contributed by atoms with Crippen LogP contribution in [0.5, 0.6) is 0 Å². The molecule has 0 aliphatic heterocycles. The topological polar surface area (TPSA) is 30.2 Å². The van der Waals surface area contributed by atoms with Crippen molar-refractivity contribution in [1.29, 1.82) is 0 Å². The molecule has 4 aromatic rings. The molecule has 76 valence electrons. The predicted molar refractivity (Wildman–Crippen MR) is 65.9 cm³/mol. The van der Waals surface area contributed by atoms with Crippen LogP contribution in [-0.4, -0.2) is 14.4 Å². The lowest BCUT2D eigenvalue weighted by Gasteiger charge is -1.94. The molecule has 3 nitrogen and oxygen atoms in total. The number of thiophene rings is 1. The molecule has 0 N–H and O–H groups in total. The number of hydrogen-bond donors (Lipinski definition) is 0.